The van der Waals surface area contributed by atoms with Crippen LogP contribution in [0.1, 0.15) is 40.0 Å². The maximum absolute atomic E-state index is 2.28. The molecule has 0 rings (SSSR count). The van der Waals surface area contributed by atoms with E-state index in [0.717, 1.165) is 19.3 Å². The lowest BCUT2D eigenvalue weighted by atomic mass is 10.1. The fourth-order valence-electron chi connectivity index (χ4n) is 0.955. The molecule has 0 heteroatoms. The summed E-state index contributed by atoms with van der Waals surface area (Å²) in [5.41, 5.74) is 1.44. The van der Waals surface area contributed by atoms with Crippen LogP contribution in [-0.2, 0) is 0 Å². The first-order valence-corrected chi connectivity index (χ1v) is 4.81. The highest BCUT2D eigenvalue weighted by Crippen LogP contribution is 2.05. The number of hydrogen-bond donors (Lipinski definition) is 0. The minimum atomic E-state index is 1.06. The minimum Gasteiger partial charge on any atom is -0.0914 e. The van der Waals surface area contributed by atoms with Crippen LogP contribution in [0.5, 0.6) is 0 Å². The maximum Gasteiger partial charge on any atom is -0.0163 e. The third-order valence-electron chi connectivity index (χ3n) is 1.73. The van der Waals surface area contributed by atoms with Gasteiger partial charge in [0.15, 0.2) is 0 Å². The second-order valence-corrected chi connectivity index (χ2v) is 2.75. The van der Waals surface area contributed by atoms with Crippen molar-refractivity contribution in [3.05, 3.63) is 36.0 Å². The Hall–Kier alpha value is -0.780. The molecule has 0 N–H and O–H groups in total. The van der Waals surface area contributed by atoms with Crippen LogP contribution in [0.4, 0.5) is 0 Å². The molecule has 68 valence electrons. The van der Waals surface area contributed by atoms with E-state index in [2.05, 4.69) is 51.2 Å². The van der Waals surface area contributed by atoms with Crippen LogP contribution in [0.15, 0.2) is 36.0 Å². The van der Waals surface area contributed by atoms with E-state index in [-0.39, 0.29) is 0 Å². The molecule has 0 heterocycles. The fourth-order valence-corrected chi connectivity index (χ4v) is 0.955. The second-order valence-electron chi connectivity index (χ2n) is 2.75. The summed E-state index contributed by atoms with van der Waals surface area (Å²) in [7, 11) is 0. The quantitative estimate of drug-likeness (QED) is 0.421. The molecule has 0 aromatic rings. The summed E-state index contributed by atoms with van der Waals surface area (Å²) in [5, 5.41) is 0. The zero-order valence-corrected chi connectivity index (χ0v) is 8.51. The Morgan fingerprint density at radius 2 is 1.92 bits per heavy atom. The van der Waals surface area contributed by atoms with E-state index < -0.39 is 0 Å². The van der Waals surface area contributed by atoms with Gasteiger partial charge in [0.2, 0.25) is 0 Å². The Kier molecular flexibility index (Phi) is 7.78. The lowest BCUT2D eigenvalue weighted by Gasteiger charge is -1.94. The van der Waals surface area contributed by atoms with Crippen molar-refractivity contribution in [2.45, 2.75) is 40.0 Å². The molecule has 0 aromatic carbocycles. The summed E-state index contributed by atoms with van der Waals surface area (Å²) in [4.78, 5) is 0. The van der Waals surface area contributed by atoms with Crippen LogP contribution in [0.3, 0.4) is 0 Å². The van der Waals surface area contributed by atoms with E-state index in [4.69, 9.17) is 0 Å². The SMILES string of the molecule is CC=CC/C=C(\C=C/CC)CC. The maximum atomic E-state index is 2.28. The molecule has 0 nitrogen and oxygen atoms in total. The van der Waals surface area contributed by atoms with E-state index in [1.165, 1.54) is 5.57 Å². The number of rotatable bonds is 5. The molecule has 12 heavy (non-hydrogen) atoms. The topological polar surface area (TPSA) is 0 Å². The summed E-state index contributed by atoms with van der Waals surface area (Å²) in [5.74, 6) is 0. The molecule has 0 saturated heterocycles. The Balaban J connectivity index is 3.94. The van der Waals surface area contributed by atoms with Crippen molar-refractivity contribution >= 4 is 0 Å². The van der Waals surface area contributed by atoms with E-state index in [1.807, 2.05) is 0 Å². The Morgan fingerprint density at radius 3 is 2.42 bits per heavy atom. The van der Waals surface area contributed by atoms with Crippen molar-refractivity contribution in [1.29, 1.82) is 0 Å². The third kappa shape index (κ3) is 5.96. The van der Waals surface area contributed by atoms with Crippen LogP contribution in [-0.4, -0.2) is 0 Å². The first-order valence-electron chi connectivity index (χ1n) is 4.81. The third-order valence-corrected chi connectivity index (χ3v) is 1.73. The lowest BCUT2D eigenvalue weighted by molar-refractivity contribution is 1.11. The van der Waals surface area contributed by atoms with Crippen molar-refractivity contribution in [1.82, 2.24) is 0 Å². The van der Waals surface area contributed by atoms with E-state index in [1.54, 1.807) is 0 Å². The standard InChI is InChI=1S/C12H20/c1-4-7-9-11-12(6-3)10-8-5-2/h4,7-8,10-11H,5-6,9H2,1-3H3/b7-4?,10-8-,12-11-. The van der Waals surface area contributed by atoms with Crippen molar-refractivity contribution in [2.75, 3.05) is 0 Å². The zero-order chi connectivity index (χ0) is 9.23. The van der Waals surface area contributed by atoms with Gasteiger partial charge in [-0.05, 0) is 26.2 Å². The van der Waals surface area contributed by atoms with Crippen LogP contribution in [0.25, 0.3) is 0 Å². The van der Waals surface area contributed by atoms with Crippen molar-refractivity contribution in [3.63, 3.8) is 0 Å². The average Bonchev–Trinajstić information content (AvgIpc) is 2.11. The molecule has 0 aliphatic heterocycles. The monoisotopic (exact) mass is 164 g/mol. The van der Waals surface area contributed by atoms with E-state index >= 15 is 0 Å². The molecule has 0 aromatic heterocycles. The van der Waals surface area contributed by atoms with Crippen molar-refractivity contribution < 1.29 is 0 Å². The molecule has 0 bridgehead atoms. The molecule has 0 unspecified atom stereocenters. The van der Waals surface area contributed by atoms with Gasteiger partial charge in [-0.25, -0.2) is 0 Å². The van der Waals surface area contributed by atoms with Gasteiger partial charge in [-0.15, -0.1) is 0 Å². The Bertz CT molecular complexity index is 170. The van der Waals surface area contributed by atoms with Gasteiger partial charge >= 0.3 is 0 Å². The molecule has 0 saturated carbocycles. The molecule has 0 amide bonds. The van der Waals surface area contributed by atoms with Crippen LogP contribution in [0, 0.1) is 0 Å². The fraction of sp³-hybridized carbons (Fsp3) is 0.500. The first kappa shape index (κ1) is 11.2. The van der Waals surface area contributed by atoms with Gasteiger partial charge in [-0.1, -0.05) is 49.8 Å². The van der Waals surface area contributed by atoms with Crippen molar-refractivity contribution in [2.24, 2.45) is 0 Å². The molecule has 0 fully saturated rings. The van der Waals surface area contributed by atoms with Gasteiger partial charge < -0.3 is 0 Å². The van der Waals surface area contributed by atoms with Gasteiger partial charge in [0.05, 0.1) is 0 Å². The molecule has 0 spiro atoms. The highest BCUT2D eigenvalue weighted by Gasteiger charge is 1.84. The first-order chi connectivity index (χ1) is 5.85. The minimum absolute atomic E-state index is 1.06. The summed E-state index contributed by atoms with van der Waals surface area (Å²) in [6.07, 6.45) is 14.3. The average molecular weight is 164 g/mol. The van der Waals surface area contributed by atoms with E-state index in [0.29, 0.717) is 0 Å². The molecule has 0 aliphatic carbocycles. The van der Waals surface area contributed by atoms with Crippen LogP contribution < -0.4 is 0 Å². The predicted octanol–water partition coefficient (Wildman–Crippen LogP) is 4.26. The summed E-state index contributed by atoms with van der Waals surface area (Å²) < 4.78 is 0. The summed E-state index contributed by atoms with van der Waals surface area (Å²) in [6.45, 7) is 6.42. The van der Waals surface area contributed by atoms with Crippen LogP contribution in [0.2, 0.25) is 0 Å². The largest absolute Gasteiger partial charge is 0.0914 e. The normalized spacial score (nSPS) is 13.4. The van der Waals surface area contributed by atoms with Crippen LogP contribution >= 0.6 is 0 Å². The molecular weight excluding hydrogens is 144 g/mol. The molecule has 0 atom stereocenters. The van der Waals surface area contributed by atoms with Gasteiger partial charge in [-0.2, -0.15) is 0 Å². The number of allylic oxidation sites excluding steroid dienone is 6. The Morgan fingerprint density at radius 1 is 1.17 bits per heavy atom. The predicted molar refractivity (Wildman–Crippen MR) is 57.2 cm³/mol. The van der Waals surface area contributed by atoms with E-state index in [9.17, 15) is 0 Å². The molecular formula is C12H20. The number of hydrogen-bond acceptors (Lipinski definition) is 0. The van der Waals surface area contributed by atoms with Gasteiger partial charge in [0.25, 0.3) is 0 Å². The van der Waals surface area contributed by atoms with Gasteiger partial charge in [-0.3, -0.25) is 0 Å². The second kappa shape index (κ2) is 8.32. The van der Waals surface area contributed by atoms with Crippen molar-refractivity contribution in [3.8, 4) is 0 Å². The highest BCUT2D eigenvalue weighted by atomic mass is 13.9. The highest BCUT2D eigenvalue weighted by molar-refractivity contribution is 5.18. The lowest BCUT2D eigenvalue weighted by Crippen LogP contribution is -1.74. The summed E-state index contributed by atoms with van der Waals surface area (Å²) >= 11 is 0. The van der Waals surface area contributed by atoms with Gasteiger partial charge in [0, 0.05) is 0 Å². The molecule has 0 radical (unpaired) electrons. The Labute approximate surface area is 76.7 Å². The molecule has 0 aliphatic rings. The summed E-state index contributed by atoms with van der Waals surface area (Å²) in [6, 6.07) is 0. The van der Waals surface area contributed by atoms with Gasteiger partial charge in [0.1, 0.15) is 0 Å². The zero-order valence-electron chi connectivity index (χ0n) is 8.51. The smallest absolute Gasteiger partial charge is 0.0163 e.